The number of carbonyl (C=O) groups excluding carboxylic acids is 1. The maximum atomic E-state index is 9.56. The van der Waals surface area contributed by atoms with Crippen LogP contribution in [0.4, 0.5) is 0 Å². The Bertz CT molecular complexity index is 492. The monoisotopic (exact) mass is 282 g/mol. The molecule has 2 aromatic rings. The number of allylic oxidation sites excluding steroid dienone is 4. The molecule has 0 aliphatic heterocycles. The summed E-state index contributed by atoms with van der Waals surface area (Å²) in [7, 11) is 0. The first-order chi connectivity index (χ1) is 9.86. The van der Waals surface area contributed by atoms with E-state index in [1.54, 1.807) is 23.9 Å². The van der Waals surface area contributed by atoms with E-state index >= 15 is 0 Å². The average molecular weight is 282 g/mol. The van der Waals surface area contributed by atoms with E-state index < -0.39 is 0 Å². The van der Waals surface area contributed by atoms with Crippen LogP contribution in [-0.4, -0.2) is 6.29 Å². The van der Waals surface area contributed by atoms with Gasteiger partial charge < -0.3 is 0 Å². The van der Waals surface area contributed by atoms with Gasteiger partial charge in [0.1, 0.15) is 6.29 Å². The normalized spacial score (nSPS) is 10.2. The van der Waals surface area contributed by atoms with Gasteiger partial charge in [-0.3, -0.25) is 4.79 Å². The van der Waals surface area contributed by atoms with Crippen LogP contribution in [0.1, 0.15) is 6.92 Å². The van der Waals surface area contributed by atoms with Gasteiger partial charge in [-0.1, -0.05) is 66.4 Å². The largest absolute Gasteiger partial charge is 0.299 e. The van der Waals surface area contributed by atoms with Crippen LogP contribution in [-0.2, 0) is 4.79 Å². The molecule has 0 fully saturated rings. The fourth-order valence-electron chi connectivity index (χ4n) is 1.33. The van der Waals surface area contributed by atoms with Crippen LogP contribution in [0.25, 0.3) is 0 Å². The molecule has 0 N–H and O–H groups in total. The molecule has 0 saturated carbocycles. The number of hydrogen-bond donors (Lipinski definition) is 0. The quantitative estimate of drug-likeness (QED) is 0.438. The molecule has 0 atom stereocenters. The predicted octanol–water partition coefficient (Wildman–Crippen LogP) is 5.16. The van der Waals surface area contributed by atoms with E-state index in [-0.39, 0.29) is 0 Å². The molecule has 0 heterocycles. The highest BCUT2D eigenvalue weighted by molar-refractivity contribution is 7.99. The van der Waals surface area contributed by atoms with E-state index in [1.165, 1.54) is 15.9 Å². The fraction of sp³-hybridized carbons (Fsp3) is 0.0556. The third-order valence-corrected chi connectivity index (χ3v) is 3.23. The molecule has 0 spiro atoms. The first-order valence-corrected chi connectivity index (χ1v) is 7.19. The molecule has 102 valence electrons. The maximum absolute atomic E-state index is 9.56. The van der Waals surface area contributed by atoms with Crippen molar-refractivity contribution in [2.24, 2.45) is 0 Å². The van der Waals surface area contributed by atoms with Gasteiger partial charge in [-0.15, -0.1) is 0 Å². The van der Waals surface area contributed by atoms with Gasteiger partial charge in [-0.2, -0.15) is 0 Å². The molecule has 2 rings (SSSR count). The highest BCUT2D eigenvalue weighted by Crippen LogP contribution is 2.26. The lowest BCUT2D eigenvalue weighted by atomic mass is 10.4. The van der Waals surface area contributed by atoms with E-state index in [0.29, 0.717) is 0 Å². The Morgan fingerprint density at radius 1 is 0.750 bits per heavy atom. The zero-order valence-electron chi connectivity index (χ0n) is 11.5. The summed E-state index contributed by atoms with van der Waals surface area (Å²) in [6, 6.07) is 20.8. The van der Waals surface area contributed by atoms with Gasteiger partial charge in [-0.05, 0) is 37.3 Å². The minimum atomic E-state index is 0.750. The van der Waals surface area contributed by atoms with E-state index in [4.69, 9.17) is 0 Å². The number of carbonyl (C=O) groups is 1. The van der Waals surface area contributed by atoms with Gasteiger partial charge in [0.2, 0.25) is 0 Å². The van der Waals surface area contributed by atoms with E-state index in [2.05, 4.69) is 48.5 Å². The Balaban J connectivity index is 0.000000246. The summed E-state index contributed by atoms with van der Waals surface area (Å²) >= 11 is 1.79. The lowest BCUT2D eigenvalue weighted by Gasteiger charge is -1.99. The summed E-state index contributed by atoms with van der Waals surface area (Å²) in [6.45, 7) is 1.90. The van der Waals surface area contributed by atoms with Crippen molar-refractivity contribution in [1.82, 2.24) is 0 Å². The number of benzene rings is 2. The summed E-state index contributed by atoms with van der Waals surface area (Å²) in [5.41, 5.74) is 0. The van der Waals surface area contributed by atoms with Crippen molar-refractivity contribution in [2.75, 3.05) is 0 Å². The molecular weight excluding hydrogens is 264 g/mol. The topological polar surface area (TPSA) is 17.1 Å². The first-order valence-electron chi connectivity index (χ1n) is 6.38. The first kappa shape index (κ1) is 16.0. The lowest BCUT2D eigenvalue weighted by molar-refractivity contribution is -0.104. The molecule has 0 radical (unpaired) electrons. The minimum Gasteiger partial charge on any atom is -0.299 e. The minimum absolute atomic E-state index is 0.750. The van der Waals surface area contributed by atoms with Crippen molar-refractivity contribution in [3.8, 4) is 0 Å². The van der Waals surface area contributed by atoms with Gasteiger partial charge in [0.15, 0.2) is 0 Å². The Morgan fingerprint density at radius 2 is 1.25 bits per heavy atom. The third-order valence-electron chi connectivity index (χ3n) is 2.22. The van der Waals surface area contributed by atoms with Crippen LogP contribution in [0, 0.1) is 0 Å². The average Bonchev–Trinajstić information content (AvgIpc) is 2.51. The van der Waals surface area contributed by atoms with Crippen LogP contribution in [0.2, 0.25) is 0 Å². The molecule has 0 amide bonds. The molecule has 0 saturated heterocycles. The smallest absolute Gasteiger partial charge is 0.142 e. The van der Waals surface area contributed by atoms with Crippen LogP contribution in [0.5, 0.6) is 0 Å². The van der Waals surface area contributed by atoms with Gasteiger partial charge in [0.25, 0.3) is 0 Å². The number of hydrogen-bond acceptors (Lipinski definition) is 2. The van der Waals surface area contributed by atoms with Gasteiger partial charge in [0, 0.05) is 9.79 Å². The Labute approximate surface area is 125 Å². The predicted molar refractivity (Wildman–Crippen MR) is 87.0 cm³/mol. The van der Waals surface area contributed by atoms with E-state index in [0.717, 1.165) is 6.29 Å². The Hall–Kier alpha value is -2.06. The van der Waals surface area contributed by atoms with E-state index in [9.17, 15) is 4.79 Å². The zero-order valence-corrected chi connectivity index (χ0v) is 12.3. The molecular formula is C18H18OS. The summed E-state index contributed by atoms with van der Waals surface area (Å²) < 4.78 is 0. The molecule has 20 heavy (non-hydrogen) atoms. The van der Waals surface area contributed by atoms with Crippen molar-refractivity contribution in [2.45, 2.75) is 16.7 Å². The highest BCUT2D eigenvalue weighted by atomic mass is 32.2. The molecule has 2 aromatic carbocycles. The maximum Gasteiger partial charge on any atom is 0.142 e. The van der Waals surface area contributed by atoms with Crippen LogP contribution in [0.3, 0.4) is 0 Å². The second-order valence-corrected chi connectivity index (χ2v) is 4.92. The highest BCUT2D eigenvalue weighted by Gasteiger charge is 1.93. The fourth-order valence-corrected chi connectivity index (χ4v) is 2.19. The summed E-state index contributed by atoms with van der Waals surface area (Å²) in [5.74, 6) is 0. The van der Waals surface area contributed by atoms with Crippen LogP contribution >= 0.6 is 11.8 Å². The van der Waals surface area contributed by atoms with Gasteiger partial charge in [0.05, 0.1) is 0 Å². The second kappa shape index (κ2) is 10.8. The Morgan fingerprint density at radius 3 is 1.65 bits per heavy atom. The molecule has 0 bridgehead atoms. The number of rotatable bonds is 4. The van der Waals surface area contributed by atoms with E-state index in [1.807, 2.05) is 25.1 Å². The summed E-state index contributed by atoms with van der Waals surface area (Å²) in [5, 5.41) is 0. The van der Waals surface area contributed by atoms with Crippen molar-refractivity contribution >= 4 is 18.0 Å². The second-order valence-electron chi connectivity index (χ2n) is 3.77. The summed E-state index contributed by atoms with van der Waals surface area (Å²) in [4.78, 5) is 12.1. The standard InChI is InChI=1S/C12H10S.C6H8O/c1-3-7-11(8-4-1)13-12-9-5-2-6-10-12;1-2-3-4-5-6-7/h1-10H;2-6H,1H3/b;3-2-,5-4-. The third kappa shape index (κ3) is 7.39. The summed E-state index contributed by atoms with van der Waals surface area (Å²) in [6.07, 6.45) is 7.54. The van der Waals surface area contributed by atoms with Crippen molar-refractivity contribution < 1.29 is 4.79 Å². The number of aldehydes is 1. The SMILES string of the molecule is C/C=C\C=C/C=O.c1ccc(Sc2ccccc2)cc1. The molecule has 0 aromatic heterocycles. The van der Waals surface area contributed by atoms with Crippen LogP contribution < -0.4 is 0 Å². The zero-order chi connectivity index (χ0) is 14.5. The molecule has 2 heteroatoms. The molecule has 0 unspecified atom stereocenters. The van der Waals surface area contributed by atoms with Gasteiger partial charge in [-0.25, -0.2) is 0 Å². The van der Waals surface area contributed by atoms with Crippen LogP contribution in [0.15, 0.2) is 94.8 Å². The lowest BCUT2D eigenvalue weighted by Crippen LogP contribution is -1.70. The van der Waals surface area contributed by atoms with Crippen molar-refractivity contribution in [1.29, 1.82) is 0 Å². The van der Waals surface area contributed by atoms with Crippen molar-refractivity contribution in [3.05, 3.63) is 85.0 Å². The molecule has 1 nitrogen and oxygen atoms in total. The van der Waals surface area contributed by atoms with Crippen molar-refractivity contribution in [3.63, 3.8) is 0 Å². The molecule has 0 aliphatic rings. The Kier molecular flexibility index (Phi) is 8.66. The molecule has 0 aliphatic carbocycles. The van der Waals surface area contributed by atoms with Gasteiger partial charge >= 0.3 is 0 Å².